The van der Waals surface area contributed by atoms with Crippen molar-refractivity contribution in [2.24, 2.45) is 7.05 Å². The standard InChI is InChI=1S/C11H17N3O2/c1-14-7-4-9(13-14)12-10(15)8-11(16)5-2-3-6-11/h4,7,16H,2-3,5-6,8H2,1H3,(H,12,13,15). The van der Waals surface area contributed by atoms with Gasteiger partial charge in [0, 0.05) is 19.3 Å². The molecule has 0 spiro atoms. The molecule has 0 aliphatic heterocycles. The zero-order valence-electron chi connectivity index (χ0n) is 9.44. The molecular weight excluding hydrogens is 206 g/mol. The van der Waals surface area contributed by atoms with Crippen LogP contribution < -0.4 is 5.32 Å². The van der Waals surface area contributed by atoms with Gasteiger partial charge in [0.25, 0.3) is 0 Å². The quantitative estimate of drug-likeness (QED) is 0.805. The molecule has 0 atom stereocenters. The number of amides is 1. The number of nitrogens with zero attached hydrogens (tertiary/aromatic N) is 2. The van der Waals surface area contributed by atoms with Crippen molar-refractivity contribution in [1.29, 1.82) is 0 Å². The van der Waals surface area contributed by atoms with E-state index in [1.807, 2.05) is 0 Å². The van der Waals surface area contributed by atoms with Crippen molar-refractivity contribution in [2.75, 3.05) is 5.32 Å². The number of carbonyl (C=O) groups excluding carboxylic acids is 1. The molecule has 1 heterocycles. The number of carbonyl (C=O) groups is 1. The smallest absolute Gasteiger partial charge is 0.228 e. The number of aliphatic hydroxyl groups is 1. The number of nitrogens with one attached hydrogen (secondary N) is 1. The first-order valence-corrected chi connectivity index (χ1v) is 5.59. The van der Waals surface area contributed by atoms with Crippen LogP contribution in [0.25, 0.3) is 0 Å². The van der Waals surface area contributed by atoms with E-state index >= 15 is 0 Å². The molecule has 0 aromatic carbocycles. The minimum absolute atomic E-state index is 0.164. The summed E-state index contributed by atoms with van der Waals surface area (Å²) in [7, 11) is 1.79. The fourth-order valence-electron chi connectivity index (χ4n) is 2.18. The monoisotopic (exact) mass is 223 g/mol. The summed E-state index contributed by atoms with van der Waals surface area (Å²) >= 11 is 0. The van der Waals surface area contributed by atoms with Crippen molar-refractivity contribution < 1.29 is 9.90 Å². The first-order valence-electron chi connectivity index (χ1n) is 5.59. The van der Waals surface area contributed by atoms with Gasteiger partial charge in [0.05, 0.1) is 12.0 Å². The van der Waals surface area contributed by atoms with Gasteiger partial charge >= 0.3 is 0 Å². The number of anilines is 1. The summed E-state index contributed by atoms with van der Waals surface area (Å²) in [5.41, 5.74) is -0.793. The Kier molecular flexibility index (Phi) is 2.96. The summed E-state index contributed by atoms with van der Waals surface area (Å²) in [6.07, 6.45) is 5.40. The second-order valence-corrected chi connectivity index (χ2v) is 4.53. The van der Waals surface area contributed by atoms with E-state index in [1.54, 1.807) is 24.0 Å². The largest absolute Gasteiger partial charge is 0.389 e. The van der Waals surface area contributed by atoms with E-state index in [9.17, 15) is 9.90 Å². The average molecular weight is 223 g/mol. The van der Waals surface area contributed by atoms with E-state index < -0.39 is 5.60 Å². The maximum Gasteiger partial charge on any atom is 0.228 e. The summed E-state index contributed by atoms with van der Waals surface area (Å²) < 4.78 is 1.62. The molecule has 1 aromatic heterocycles. The molecule has 0 saturated heterocycles. The number of aromatic nitrogens is 2. The van der Waals surface area contributed by atoms with E-state index in [2.05, 4.69) is 10.4 Å². The van der Waals surface area contributed by atoms with Crippen molar-refractivity contribution in [3.05, 3.63) is 12.3 Å². The van der Waals surface area contributed by atoms with E-state index in [0.29, 0.717) is 5.82 Å². The molecule has 1 aromatic rings. The van der Waals surface area contributed by atoms with Crippen LogP contribution in [0, 0.1) is 0 Å². The van der Waals surface area contributed by atoms with E-state index in [-0.39, 0.29) is 12.3 Å². The van der Waals surface area contributed by atoms with Gasteiger partial charge in [-0.2, -0.15) is 5.10 Å². The summed E-state index contributed by atoms with van der Waals surface area (Å²) in [5, 5.41) is 16.8. The first-order chi connectivity index (χ1) is 7.57. The van der Waals surface area contributed by atoms with Crippen LogP contribution in [0.15, 0.2) is 12.3 Å². The predicted octanol–water partition coefficient (Wildman–Crippen LogP) is 1.05. The predicted molar refractivity (Wildman–Crippen MR) is 59.9 cm³/mol. The Morgan fingerprint density at radius 2 is 2.31 bits per heavy atom. The third-order valence-corrected chi connectivity index (χ3v) is 3.00. The number of rotatable bonds is 3. The van der Waals surface area contributed by atoms with Crippen molar-refractivity contribution in [3.8, 4) is 0 Å². The van der Waals surface area contributed by atoms with Gasteiger partial charge in [0.15, 0.2) is 5.82 Å². The molecule has 0 radical (unpaired) electrons. The summed E-state index contributed by atoms with van der Waals surface area (Å²) in [6.45, 7) is 0. The fraction of sp³-hybridized carbons (Fsp3) is 0.636. The van der Waals surface area contributed by atoms with Crippen molar-refractivity contribution >= 4 is 11.7 Å². The van der Waals surface area contributed by atoms with Crippen LogP contribution in [-0.4, -0.2) is 26.4 Å². The highest BCUT2D eigenvalue weighted by molar-refractivity contribution is 5.90. The molecule has 1 amide bonds. The van der Waals surface area contributed by atoms with Gasteiger partial charge in [0.1, 0.15) is 0 Å². The van der Waals surface area contributed by atoms with Crippen LogP contribution >= 0.6 is 0 Å². The van der Waals surface area contributed by atoms with Crippen molar-refractivity contribution in [1.82, 2.24) is 9.78 Å². The zero-order chi connectivity index (χ0) is 11.6. The molecule has 1 aliphatic rings. The minimum atomic E-state index is -0.793. The van der Waals surface area contributed by atoms with Gasteiger partial charge in [-0.1, -0.05) is 12.8 Å². The van der Waals surface area contributed by atoms with Crippen LogP contribution in [0.1, 0.15) is 32.1 Å². The highest BCUT2D eigenvalue weighted by atomic mass is 16.3. The molecule has 1 saturated carbocycles. The zero-order valence-corrected chi connectivity index (χ0v) is 9.44. The molecular formula is C11H17N3O2. The molecule has 5 nitrogen and oxygen atoms in total. The molecule has 88 valence electrons. The molecule has 16 heavy (non-hydrogen) atoms. The molecule has 5 heteroatoms. The van der Waals surface area contributed by atoms with Crippen LogP contribution in [0.5, 0.6) is 0 Å². The van der Waals surface area contributed by atoms with Crippen molar-refractivity contribution in [2.45, 2.75) is 37.7 Å². The second kappa shape index (κ2) is 4.25. The third-order valence-electron chi connectivity index (χ3n) is 3.00. The number of hydrogen-bond donors (Lipinski definition) is 2. The summed E-state index contributed by atoms with van der Waals surface area (Å²) in [4.78, 5) is 11.7. The van der Waals surface area contributed by atoms with E-state index in [0.717, 1.165) is 25.7 Å². The Morgan fingerprint density at radius 3 is 2.88 bits per heavy atom. The number of hydrogen-bond acceptors (Lipinski definition) is 3. The Hall–Kier alpha value is -1.36. The maximum atomic E-state index is 11.7. The molecule has 2 N–H and O–H groups in total. The molecule has 1 aliphatic carbocycles. The Morgan fingerprint density at radius 1 is 1.62 bits per heavy atom. The first kappa shape index (κ1) is 11.1. The molecule has 0 bridgehead atoms. The topological polar surface area (TPSA) is 67.2 Å². The SMILES string of the molecule is Cn1ccc(NC(=O)CC2(O)CCCC2)n1. The molecule has 2 rings (SSSR count). The van der Waals surface area contributed by atoms with Crippen LogP contribution in [0.3, 0.4) is 0 Å². The lowest BCUT2D eigenvalue weighted by Crippen LogP contribution is -2.30. The van der Waals surface area contributed by atoms with Gasteiger partial charge in [0.2, 0.25) is 5.91 Å². The lowest BCUT2D eigenvalue weighted by Gasteiger charge is -2.20. The van der Waals surface area contributed by atoms with E-state index in [1.165, 1.54) is 0 Å². The van der Waals surface area contributed by atoms with E-state index in [4.69, 9.17) is 0 Å². The van der Waals surface area contributed by atoms with Crippen LogP contribution in [0.4, 0.5) is 5.82 Å². The summed E-state index contributed by atoms with van der Waals surface area (Å²) in [6, 6.07) is 1.73. The van der Waals surface area contributed by atoms with Gasteiger partial charge in [-0.05, 0) is 12.8 Å². The van der Waals surface area contributed by atoms with Crippen LogP contribution in [0.2, 0.25) is 0 Å². The highest BCUT2D eigenvalue weighted by Crippen LogP contribution is 2.32. The lowest BCUT2D eigenvalue weighted by atomic mass is 9.98. The molecule has 1 fully saturated rings. The number of aryl methyl sites for hydroxylation is 1. The Balaban J connectivity index is 1.89. The Bertz CT molecular complexity index is 380. The molecule has 0 unspecified atom stereocenters. The Labute approximate surface area is 94.5 Å². The maximum absolute atomic E-state index is 11.7. The summed E-state index contributed by atoms with van der Waals surface area (Å²) in [5.74, 6) is 0.372. The normalized spacial score (nSPS) is 18.6. The highest BCUT2D eigenvalue weighted by Gasteiger charge is 2.33. The average Bonchev–Trinajstić information content (AvgIpc) is 2.75. The fourth-order valence-corrected chi connectivity index (χ4v) is 2.18. The van der Waals surface area contributed by atoms with Gasteiger partial charge in [-0.25, -0.2) is 0 Å². The van der Waals surface area contributed by atoms with Gasteiger partial charge in [-0.15, -0.1) is 0 Å². The minimum Gasteiger partial charge on any atom is -0.389 e. The lowest BCUT2D eigenvalue weighted by molar-refractivity contribution is -0.120. The van der Waals surface area contributed by atoms with Crippen molar-refractivity contribution in [3.63, 3.8) is 0 Å². The second-order valence-electron chi connectivity index (χ2n) is 4.53. The third kappa shape index (κ3) is 2.61. The van der Waals surface area contributed by atoms with Gasteiger partial charge in [-0.3, -0.25) is 9.48 Å². The van der Waals surface area contributed by atoms with Crippen LogP contribution in [-0.2, 0) is 11.8 Å². The van der Waals surface area contributed by atoms with Gasteiger partial charge < -0.3 is 10.4 Å².